The summed E-state index contributed by atoms with van der Waals surface area (Å²) in [5.41, 5.74) is -0.120. The number of aromatic nitrogens is 3. The van der Waals surface area contributed by atoms with Crippen molar-refractivity contribution in [3.8, 4) is 10.8 Å². The van der Waals surface area contributed by atoms with Crippen LogP contribution in [0.15, 0.2) is 23.8 Å². The summed E-state index contributed by atoms with van der Waals surface area (Å²) in [5, 5.41) is 18.9. The second kappa shape index (κ2) is 4.31. The van der Waals surface area contributed by atoms with Gasteiger partial charge in [-0.05, 0) is 6.07 Å². The highest BCUT2D eigenvalue weighted by atomic mass is 32.1. The van der Waals surface area contributed by atoms with Gasteiger partial charge in [-0.25, -0.2) is 15.0 Å². The largest absolute Gasteiger partial charge is 0.321 e. The average Bonchev–Trinajstić information content (AvgIpc) is 2.81. The monoisotopic (exact) mass is 238 g/mol. The van der Waals surface area contributed by atoms with E-state index in [9.17, 15) is 4.79 Å². The van der Waals surface area contributed by atoms with E-state index in [0.29, 0.717) is 5.01 Å². The van der Waals surface area contributed by atoms with Crippen molar-refractivity contribution in [3.05, 3.63) is 29.5 Å². The van der Waals surface area contributed by atoms with Crippen LogP contribution < -0.4 is 0 Å². The van der Waals surface area contributed by atoms with Gasteiger partial charge in [0.05, 0.1) is 0 Å². The molecule has 0 saturated heterocycles. The molecule has 0 aliphatic rings. The van der Waals surface area contributed by atoms with Crippen molar-refractivity contribution >= 4 is 17.2 Å². The summed E-state index contributed by atoms with van der Waals surface area (Å²) in [5.74, 6) is -0.761. The standard InChI is InChI=1S/C8H6N4O3S/c13-8(12(14)15)5-1-2-9-6(11-5)7-10-3-4-16-7/h1-4,14-15H. The first-order chi connectivity index (χ1) is 7.68. The molecule has 2 aromatic heterocycles. The second-order valence-corrected chi connectivity index (χ2v) is 3.59. The second-order valence-electron chi connectivity index (χ2n) is 2.70. The van der Waals surface area contributed by atoms with Gasteiger partial charge in [-0.15, -0.1) is 11.3 Å². The number of carbonyl (C=O) groups excluding carboxylic acids is 1. The molecule has 82 valence electrons. The molecule has 0 radical (unpaired) electrons. The minimum absolute atomic E-state index is 0.120. The van der Waals surface area contributed by atoms with Gasteiger partial charge in [0.25, 0.3) is 0 Å². The molecule has 16 heavy (non-hydrogen) atoms. The molecule has 2 heterocycles. The van der Waals surface area contributed by atoms with E-state index in [-0.39, 0.29) is 11.5 Å². The topological polar surface area (TPSA) is 99.4 Å². The third-order valence-electron chi connectivity index (χ3n) is 1.68. The highest BCUT2D eigenvalue weighted by Crippen LogP contribution is 2.17. The van der Waals surface area contributed by atoms with Crippen molar-refractivity contribution in [2.75, 3.05) is 0 Å². The normalized spacial score (nSPS) is 10.1. The fraction of sp³-hybridized carbons (Fsp3) is 0. The van der Waals surface area contributed by atoms with Gasteiger partial charge < -0.3 is 0 Å². The SMILES string of the molecule is O=C(c1ccnc(-c2nccs2)n1)N(O)O. The Morgan fingerprint density at radius 2 is 2.12 bits per heavy atom. The summed E-state index contributed by atoms with van der Waals surface area (Å²) in [6.45, 7) is 0. The van der Waals surface area contributed by atoms with Crippen molar-refractivity contribution in [2.24, 2.45) is 0 Å². The van der Waals surface area contributed by atoms with E-state index in [2.05, 4.69) is 15.0 Å². The molecule has 0 aromatic carbocycles. The number of hydroxylamine groups is 2. The molecule has 0 fully saturated rings. The lowest BCUT2D eigenvalue weighted by atomic mass is 10.4. The Labute approximate surface area is 93.6 Å². The zero-order valence-corrected chi connectivity index (χ0v) is 8.63. The third-order valence-corrected chi connectivity index (χ3v) is 2.45. The molecule has 7 nitrogen and oxygen atoms in total. The minimum Gasteiger partial charge on any atom is -0.262 e. The Balaban J connectivity index is 2.37. The van der Waals surface area contributed by atoms with Crippen LogP contribution in [0.2, 0.25) is 0 Å². The Hall–Kier alpha value is -1.90. The van der Waals surface area contributed by atoms with Crippen LogP contribution in [0, 0.1) is 0 Å². The van der Waals surface area contributed by atoms with E-state index >= 15 is 0 Å². The maximum absolute atomic E-state index is 11.2. The van der Waals surface area contributed by atoms with Crippen LogP contribution >= 0.6 is 11.3 Å². The summed E-state index contributed by atoms with van der Waals surface area (Å²) in [4.78, 5) is 22.9. The highest BCUT2D eigenvalue weighted by Gasteiger charge is 2.15. The maximum atomic E-state index is 11.2. The molecule has 0 aliphatic heterocycles. The first-order valence-corrected chi connectivity index (χ1v) is 5.01. The van der Waals surface area contributed by atoms with Crippen molar-refractivity contribution in [3.63, 3.8) is 0 Å². The van der Waals surface area contributed by atoms with Crippen molar-refractivity contribution in [2.45, 2.75) is 0 Å². The maximum Gasteiger partial charge on any atom is 0.321 e. The summed E-state index contributed by atoms with van der Waals surface area (Å²) >= 11 is 1.32. The molecule has 0 atom stereocenters. The van der Waals surface area contributed by atoms with Crippen molar-refractivity contribution < 1.29 is 15.2 Å². The molecule has 2 rings (SSSR count). The molecule has 0 aliphatic carbocycles. The molecule has 0 bridgehead atoms. The fourth-order valence-electron chi connectivity index (χ4n) is 1.02. The van der Waals surface area contributed by atoms with Gasteiger partial charge in [-0.1, -0.05) is 5.23 Å². The number of hydrogen-bond donors (Lipinski definition) is 2. The number of carbonyl (C=O) groups is 1. The third kappa shape index (κ3) is 2.03. The van der Waals surface area contributed by atoms with Crippen molar-refractivity contribution in [1.82, 2.24) is 20.2 Å². The molecule has 2 aromatic rings. The van der Waals surface area contributed by atoms with E-state index < -0.39 is 11.1 Å². The molecule has 2 N–H and O–H groups in total. The highest BCUT2D eigenvalue weighted by molar-refractivity contribution is 7.12. The van der Waals surface area contributed by atoms with Gasteiger partial charge in [0, 0.05) is 17.8 Å². The minimum atomic E-state index is -1.03. The van der Waals surface area contributed by atoms with Gasteiger partial charge in [-0.2, -0.15) is 0 Å². The van der Waals surface area contributed by atoms with Crippen molar-refractivity contribution in [1.29, 1.82) is 0 Å². The van der Waals surface area contributed by atoms with Gasteiger partial charge in [0.1, 0.15) is 5.69 Å². The van der Waals surface area contributed by atoms with Crippen LogP contribution in [0.1, 0.15) is 10.5 Å². The lowest BCUT2D eigenvalue weighted by Gasteiger charge is -2.05. The van der Waals surface area contributed by atoms with E-state index in [4.69, 9.17) is 10.4 Å². The average molecular weight is 238 g/mol. The summed E-state index contributed by atoms with van der Waals surface area (Å²) in [6, 6.07) is 1.28. The number of rotatable bonds is 2. The lowest BCUT2D eigenvalue weighted by Crippen LogP contribution is -2.24. The van der Waals surface area contributed by atoms with Gasteiger partial charge in [0.15, 0.2) is 10.8 Å². The first kappa shape index (κ1) is 10.6. The number of nitrogens with zero attached hydrogens (tertiary/aromatic N) is 4. The van der Waals surface area contributed by atoms with Gasteiger partial charge in [0.2, 0.25) is 0 Å². The molecule has 0 unspecified atom stereocenters. The van der Waals surface area contributed by atoms with Crippen LogP contribution in [0.5, 0.6) is 0 Å². The summed E-state index contributed by atoms with van der Waals surface area (Å²) < 4.78 is 0. The Morgan fingerprint density at radius 1 is 1.31 bits per heavy atom. The van der Waals surface area contributed by atoms with Crippen LogP contribution in [0.25, 0.3) is 10.8 Å². The van der Waals surface area contributed by atoms with E-state index in [1.54, 1.807) is 11.6 Å². The number of amides is 1. The first-order valence-electron chi connectivity index (χ1n) is 4.13. The quantitative estimate of drug-likeness (QED) is 0.593. The van der Waals surface area contributed by atoms with Crippen LogP contribution in [-0.2, 0) is 0 Å². The predicted octanol–water partition coefficient (Wildman–Crippen LogP) is 0.821. The zero-order valence-electron chi connectivity index (χ0n) is 7.81. The predicted molar refractivity (Wildman–Crippen MR) is 52.9 cm³/mol. The lowest BCUT2D eigenvalue weighted by molar-refractivity contribution is -0.260. The van der Waals surface area contributed by atoms with Crippen LogP contribution in [0.4, 0.5) is 0 Å². The summed E-state index contributed by atoms with van der Waals surface area (Å²) in [6.07, 6.45) is 2.93. The molecular weight excluding hydrogens is 232 g/mol. The molecule has 1 amide bonds. The molecule has 8 heteroatoms. The van der Waals surface area contributed by atoms with E-state index in [1.807, 2.05) is 0 Å². The fourth-order valence-corrected chi connectivity index (χ4v) is 1.59. The Kier molecular flexibility index (Phi) is 2.86. The zero-order chi connectivity index (χ0) is 11.5. The van der Waals surface area contributed by atoms with Crippen LogP contribution in [-0.4, -0.2) is 36.5 Å². The van der Waals surface area contributed by atoms with E-state index in [0.717, 1.165) is 0 Å². The molecular formula is C8H6N4O3S. The number of hydrogen-bond acceptors (Lipinski definition) is 7. The Bertz CT molecular complexity index is 500. The number of thiazole rings is 1. The van der Waals surface area contributed by atoms with Crippen LogP contribution in [0.3, 0.4) is 0 Å². The van der Waals surface area contributed by atoms with E-state index in [1.165, 1.54) is 23.6 Å². The van der Waals surface area contributed by atoms with Gasteiger partial charge >= 0.3 is 5.91 Å². The smallest absolute Gasteiger partial charge is 0.262 e. The molecule has 0 spiro atoms. The summed E-state index contributed by atoms with van der Waals surface area (Å²) in [7, 11) is 0. The Morgan fingerprint density at radius 3 is 2.75 bits per heavy atom. The van der Waals surface area contributed by atoms with Gasteiger partial charge in [-0.3, -0.25) is 15.2 Å². The molecule has 0 saturated carbocycles.